The molecule has 1 aromatic carbocycles. The molecule has 0 aromatic heterocycles. The number of benzene rings is 1. The molecule has 0 fully saturated rings. The fourth-order valence-corrected chi connectivity index (χ4v) is 0.933. The van der Waals surface area contributed by atoms with Gasteiger partial charge in [0.2, 0.25) is 0 Å². The Bertz CT molecular complexity index is 346. The second-order valence-corrected chi connectivity index (χ2v) is 2.97. The van der Waals surface area contributed by atoms with E-state index in [-0.39, 0.29) is 11.5 Å². The monoisotopic (exact) mass is 210 g/mol. The van der Waals surface area contributed by atoms with Crippen LogP contribution in [-0.2, 0) is 4.79 Å². The maximum atomic E-state index is 9.25. The van der Waals surface area contributed by atoms with Gasteiger partial charge < -0.3 is 15.3 Å². The van der Waals surface area contributed by atoms with Gasteiger partial charge in [0.25, 0.3) is 0 Å². The van der Waals surface area contributed by atoms with Crippen LogP contribution in [0.1, 0.15) is 11.1 Å². The molecule has 0 saturated heterocycles. The van der Waals surface area contributed by atoms with Crippen LogP contribution in [-0.4, -0.2) is 21.3 Å². The summed E-state index contributed by atoms with van der Waals surface area (Å²) in [5.74, 6) is -0.518. The van der Waals surface area contributed by atoms with Gasteiger partial charge in [-0.15, -0.1) is 0 Å². The van der Waals surface area contributed by atoms with Crippen LogP contribution >= 0.6 is 0 Å². The molecule has 0 aliphatic heterocycles. The van der Waals surface area contributed by atoms with Gasteiger partial charge in [-0.05, 0) is 37.1 Å². The normalized spacial score (nSPS) is 8.67. The van der Waals surface area contributed by atoms with E-state index in [0.29, 0.717) is 11.1 Å². The van der Waals surface area contributed by atoms with Crippen molar-refractivity contribution in [2.45, 2.75) is 13.8 Å². The number of aliphatic carboxylic acids is 1. The van der Waals surface area contributed by atoms with Crippen molar-refractivity contribution in [2.75, 3.05) is 0 Å². The van der Waals surface area contributed by atoms with E-state index in [1.54, 1.807) is 13.8 Å². The molecule has 1 aromatic rings. The molecule has 0 radical (unpaired) electrons. The number of aromatic hydroxyl groups is 2. The standard InChI is InChI=1S/C8H10O2.C3H4O2/c1-5-3-7(9)4-6(2)8(5)10;1-2-3(4)5/h3-4,9-10H,1-2H3;2H,1H2,(H,4,5). The summed E-state index contributed by atoms with van der Waals surface area (Å²) in [6, 6.07) is 3.06. The number of carboxylic acid groups (broad SMARTS) is 1. The van der Waals surface area contributed by atoms with Crippen molar-refractivity contribution in [2.24, 2.45) is 0 Å². The quantitative estimate of drug-likeness (QED) is 0.489. The Kier molecular flexibility index (Phi) is 4.95. The van der Waals surface area contributed by atoms with Crippen molar-refractivity contribution in [1.82, 2.24) is 0 Å². The fourth-order valence-electron chi connectivity index (χ4n) is 0.933. The van der Waals surface area contributed by atoms with Crippen LogP contribution in [0.15, 0.2) is 24.8 Å². The minimum atomic E-state index is -0.981. The Labute approximate surface area is 88.1 Å². The highest BCUT2D eigenvalue weighted by Gasteiger charge is 2.00. The van der Waals surface area contributed by atoms with Crippen LogP contribution in [0.3, 0.4) is 0 Å². The Morgan fingerprint density at radius 2 is 1.60 bits per heavy atom. The molecule has 3 N–H and O–H groups in total. The van der Waals surface area contributed by atoms with Crippen molar-refractivity contribution in [3.05, 3.63) is 35.9 Å². The first-order chi connectivity index (χ1) is 6.88. The number of phenols is 2. The summed E-state index contributed by atoms with van der Waals surface area (Å²) in [6.45, 7) is 6.46. The maximum Gasteiger partial charge on any atom is 0.327 e. The lowest BCUT2D eigenvalue weighted by atomic mass is 10.1. The molecular formula is C11H14O4. The summed E-state index contributed by atoms with van der Waals surface area (Å²) in [7, 11) is 0. The highest BCUT2D eigenvalue weighted by atomic mass is 16.4. The second-order valence-electron chi connectivity index (χ2n) is 2.97. The average Bonchev–Trinajstić information content (AvgIpc) is 2.15. The fraction of sp³-hybridized carbons (Fsp3) is 0.182. The molecule has 0 aliphatic rings. The third kappa shape index (κ3) is 4.71. The third-order valence-electron chi connectivity index (χ3n) is 1.65. The lowest BCUT2D eigenvalue weighted by molar-refractivity contribution is -0.131. The first-order valence-electron chi connectivity index (χ1n) is 4.23. The molecule has 4 heteroatoms. The number of carbonyl (C=O) groups is 1. The second kappa shape index (κ2) is 5.70. The van der Waals surface area contributed by atoms with E-state index in [0.717, 1.165) is 6.08 Å². The Morgan fingerprint density at radius 3 is 1.87 bits per heavy atom. The predicted molar refractivity (Wildman–Crippen MR) is 57.1 cm³/mol. The summed E-state index contributed by atoms with van der Waals surface area (Å²) in [4.78, 5) is 9.25. The zero-order valence-electron chi connectivity index (χ0n) is 8.69. The predicted octanol–water partition coefficient (Wildman–Crippen LogP) is 1.97. The molecule has 0 unspecified atom stereocenters. The van der Waals surface area contributed by atoms with Gasteiger partial charge in [0.05, 0.1) is 0 Å². The lowest BCUT2D eigenvalue weighted by Crippen LogP contribution is -1.82. The zero-order valence-corrected chi connectivity index (χ0v) is 8.69. The highest BCUT2D eigenvalue weighted by Crippen LogP contribution is 2.25. The molecule has 0 saturated carbocycles. The van der Waals surface area contributed by atoms with E-state index >= 15 is 0 Å². The number of aryl methyl sites for hydroxylation is 2. The van der Waals surface area contributed by atoms with Crippen LogP contribution in [0.5, 0.6) is 11.5 Å². The van der Waals surface area contributed by atoms with Gasteiger partial charge in [0.1, 0.15) is 11.5 Å². The number of hydrogen-bond donors (Lipinski definition) is 3. The SMILES string of the molecule is C=CC(=O)O.Cc1cc(O)cc(C)c1O. The maximum absolute atomic E-state index is 9.25. The van der Waals surface area contributed by atoms with Crippen LogP contribution < -0.4 is 0 Å². The molecule has 0 atom stereocenters. The molecular weight excluding hydrogens is 196 g/mol. The summed E-state index contributed by atoms with van der Waals surface area (Å²) < 4.78 is 0. The zero-order chi connectivity index (χ0) is 12.0. The van der Waals surface area contributed by atoms with Crippen LogP contribution in [0.4, 0.5) is 0 Å². The van der Waals surface area contributed by atoms with Crippen LogP contribution in [0.2, 0.25) is 0 Å². The smallest absolute Gasteiger partial charge is 0.327 e. The minimum absolute atomic E-state index is 0.202. The lowest BCUT2D eigenvalue weighted by Gasteiger charge is -2.02. The number of rotatable bonds is 1. The molecule has 1 rings (SSSR count). The summed E-state index contributed by atoms with van der Waals surface area (Å²) in [6.07, 6.45) is 0.833. The third-order valence-corrected chi connectivity index (χ3v) is 1.65. The molecule has 82 valence electrons. The Balaban J connectivity index is 0.000000336. The van der Waals surface area contributed by atoms with E-state index < -0.39 is 5.97 Å². The van der Waals surface area contributed by atoms with E-state index in [1.165, 1.54) is 12.1 Å². The van der Waals surface area contributed by atoms with Gasteiger partial charge in [-0.3, -0.25) is 0 Å². The first kappa shape index (κ1) is 13.0. The number of phenolic OH excluding ortho intramolecular Hbond substituents is 2. The summed E-state index contributed by atoms with van der Waals surface area (Å²) in [5, 5.41) is 25.8. The van der Waals surface area contributed by atoms with Gasteiger partial charge in [-0.1, -0.05) is 6.58 Å². The van der Waals surface area contributed by atoms with Crippen molar-refractivity contribution >= 4 is 5.97 Å². The van der Waals surface area contributed by atoms with Gasteiger partial charge in [-0.2, -0.15) is 0 Å². The van der Waals surface area contributed by atoms with E-state index in [2.05, 4.69) is 6.58 Å². The van der Waals surface area contributed by atoms with Gasteiger partial charge in [0, 0.05) is 6.08 Å². The van der Waals surface area contributed by atoms with Gasteiger partial charge >= 0.3 is 5.97 Å². The van der Waals surface area contributed by atoms with Crippen molar-refractivity contribution in [1.29, 1.82) is 0 Å². The average molecular weight is 210 g/mol. The van der Waals surface area contributed by atoms with E-state index in [9.17, 15) is 9.90 Å². The van der Waals surface area contributed by atoms with Crippen LogP contribution in [0.25, 0.3) is 0 Å². The molecule has 4 nitrogen and oxygen atoms in total. The topological polar surface area (TPSA) is 77.8 Å². The Hall–Kier alpha value is -1.97. The van der Waals surface area contributed by atoms with Gasteiger partial charge in [0.15, 0.2) is 0 Å². The number of hydrogen-bond acceptors (Lipinski definition) is 3. The van der Waals surface area contributed by atoms with Gasteiger partial charge in [-0.25, -0.2) is 4.79 Å². The largest absolute Gasteiger partial charge is 0.508 e. The van der Waals surface area contributed by atoms with E-state index in [1.807, 2.05) is 0 Å². The van der Waals surface area contributed by atoms with Crippen molar-refractivity contribution in [3.8, 4) is 11.5 Å². The minimum Gasteiger partial charge on any atom is -0.508 e. The number of carboxylic acids is 1. The van der Waals surface area contributed by atoms with Crippen molar-refractivity contribution < 1.29 is 20.1 Å². The van der Waals surface area contributed by atoms with Crippen LogP contribution in [0, 0.1) is 13.8 Å². The summed E-state index contributed by atoms with van der Waals surface area (Å²) >= 11 is 0. The first-order valence-corrected chi connectivity index (χ1v) is 4.23. The molecule has 15 heavy (non-hydrogen) atoms. The Morgan fingerprint density at radius 1 is 1.27 bits per heavy atom. The summed E-state index contributed by atoms with van der Waals surface area (Å²) in [5.41, 5.74) is 1.41. The van der Waals surface area contributed by atoms with E-state index in [4.69, 9.17) is 10.2 Å². The molecule has 0 heterocycles. The van der Waals surface area contributed by atoms with Crippen molar-refractivity contribution in [3.63, 3.8) is 0 Å². The molecule has 0 bridgehead atoms. The molecule has 0 spiro atoms. The molecule has 0 aliphatic carbocycles. The molecule has 0 amide bonds. The highest BCUT2D eigenvalue weighted by molar-refractivity contribution is 5.78.